The molecule has 0 spiro atoms. The van der Waals surface area contributed by atoms with E-state index in [0.29, 0.717) is 56.6 Å². The zero-order valence-electron chi connectivity index (χ0n) is 40.5. The third-order valence-corrected chi connectivity index (χ3v) is 13.2. The molecule has 0 radical (unpaired) electrons. The number of aromatic hydroxyl groups is 1. The van der Waals surface area contributed by atoms with Crippen LogP contribution >= 0.6 is 0 Å². The lowest BCUT2D eigenvalue weighted by Crippen LogP contribution is -2.63. The summed E-state index contributed by atoms with van der Waals surface area (Å²) in [5.74, 6) is -2.20. The molecule has 2 aromatic carbocycles. The van der Waals surface area contributed by atoms with Crippen molar-refractivity contribution in [1.82, 2.24) is 45.3 Å². The van der Waals surface area contributed by atoms with Gasteiger partial charge in [0.25, 0.3) is 5.91 Å². The average molecular weight is 938 g/mol. The lowest BCUT2D eigenvalue weighted by molar-refractivity contribution is -0.146. The first-order valence-electron chi connectivity index (χ1n) is 23.5. The summed E-state index contributed by atoms with van der Waals surface area (Å²) in [5.41, 5.74) is 9.58. The first-order valence-corrected chi connectivity index (χ1v) is 23.5. The number of aliphatic hydroxyl groups is 1. The molecule has 7 rings (SSSR count). The minimum absolute atomic E-state index is 0.0282. The van der Waals surface area contributed by atoms with E-state index in [1.165, 1.54) is 28.9 Å². The van der Waals surface area contributed by atoms with Gasteiger partial charge < -0.3 is 44.7 Å². The number of carbonyl (C=O) groups excluding carboxylic acids is 5. The number of hydrogen-bond acceptors (Lipinski definition) is 12. The highest BCUT2D eigenvalue weighted by atomic mass is 16.5. The number of methoxy groups -OCH3 is 1. The third-order valence-electron chi connectivity index (χ3n) is 13.2. The minimum Gasteiger partial charge on any atom is -0.508 e. The summed E-state index contributed by atoms with van der Waals surface area (Å²) in [6.45, 7) is 11.7. The van der Waals surface area contributed by atoms with Crippen LogP contribution in [0.1, 0.15) is 64.2 Å². The first-order chi connectivity index (χ1) is 32.4. The number of fused-ring (bicyclic) bond motifs is 6. The molecule has 18 nitrogen and oxygen atoms in total. The van der Waals surface area contributed by atoms with Crippen molar-refractivity contribution in [2.75, 3.05) is 60.6 Å². The Morgan fingerprint density at radius 1 is 1.09 bits per heavy atom. The third kappa shape index (κ3) is 11.1. The molecule has 5 N–H and O–H groups in total. The Bertz CT molecular complexity index is 2520. The molecule has 2 fully saturated rings. The molecule has 0 saturated carbocycles. The van der Waals surface area contributed by atoms with Gasteiger partial charge in [-0.1, -0.05) is 39.8 Å². The van der Waals surface area contributed by atoms with Crippen molar-refractivity contribution in [1.29, 1.82) is 0 Å². The molecule has 6 bridgehead atoms. The predicted octanol–water partition coefficient (Wildman–Crippen LogP) is 3.65. The second-order valence-corrected chi connectivity index (χ2v) is 19.4. The number of aromatic nitrogens is 2. The number of pyridine rings is 1. The quantitative estimate of drug-likeness (QED) is 0.122. The highest BCUT2D eigenvalue weighted by Crippen LogP contribution is 2.41. The van der Waals surface area contributed by atoms with Gasteiger partial charge in [0.05, 0.1) is 32.1 Å². The number of aliphatic hydroxyl groups excluding tert-OH is 1. The molecule has 1 unspecified atom stereocenters. The molecule has 3 aliphatic rings. The SMILES string of the molecule is CCn1c(-c2cnccc2COC)c2c3cc(ccc31)-c1cc(O)cc(c1)C[C@H](NC(=O)[C@H](C(C)C)N(C)C(=O)CN(C)C(=O)[C@H]1CN1CCO)C(=O)N1CCC[C@@H](NC(=O)OCC(C)(C)C2)N1. The lowest BCUT2D eigenvalue weighted by atomic mass is 9.84. The van der Waals surface area contributed by atoms with Crippen molar-refractivity contribution >= 4 is 40.6 Å². The van der Waals surface area contributed by atoms with Gasteiger partial charge in [0.2, 0.25) is 17.7 Å². The van der Waals surface area contributed by atoms with E-state index in [2.05, 4.69) is 58.5 Å². The van der Waals surface area contributed by atoms with Gasteiger partial charge in [0.1, 0.15) is 30.0 Å². The van der Waals surface area contributed by atoms with Crippen molar-refractivity contribution in [3.8, 4) is 28.1 Å². The number of hydrazine groups is 1. The number of aryl methyl sites for hydroxylation is 1. The second-order valence-electron chi connectivity index (χ2n) is 19.4. The first kappa shape index (κ1) is 49.8. The summed E-state index contributed by atoms with van der Waals surface area (Å²) in [5, 5.41) is 28.8. The number of nitrogens with one attached hydrogen (secondary N) is 3. The fourth-order valence-electron chi connectivity index (χ4n) is 9.71. The van der Waals surface area contributed by atoms with Gasteiger partial charge in [0.15, 0.2) is 0 Å². The number of benzene rings is 2. The van der Waals surface area contributed by atoms with Crippen LogP contribution in [0.4, 0.5) is 4.79 Å². The van der Waals surface area contributed by atoms with E-state index >= 15 is 0 Å². The van der Waals surface area contributed by atoms with Crippen LogP contribution in [0.5, 0.6) is 5.75 Å². The number of alkyl carbamates (subject to hydrolysis) is 1. The molecule has 5 heterocycles. The van der Waals surface area contributed by atoms with E-state index in [-0.39, 0.29) is 44.4 Å². The van der Waals surface area contributed by atoms with E-state index in [1.54, 1.807) is 39.3 Å². The molecular weight excluding hydrogens is 871 g/mol. The molecular formula is C50H67N9O9. The fourth-order valence-corrected chi connectivity index (χ4v) is 9.71. The van der Waals surface area contributed by atoms with E-state index in [4.69, 9.17) is 9.47 Å². The van der Waals surface area contributed by atoms with Crippen LogP contribution in [-0.4, -0.2) is 154 Å². The lowest BCUT2D eigenvalue weighted by Gasteiger charge is -2.37. The van der Waals surface area contributed by atoms with Crippen molar-refractivity contribution in [3.05, 3.63) is 71.5 Å². The van der Waals surface area contributed by atoms with Crippen LogP contribution in [0.2, 0.25) is 0 Å². The molecule has 2 saturated heterocycles. The summed E-state index contributed by atoms with van der Waals surface area (Å²) in [7, 11) is 4.70. The van der Waals surface area contributed by atoms with Crippen LogP contribution in [0.15, 0.2) is 54.9 Å². The summed E-state index contributed by atoms with van der Waals surface area (Å²) < 4.78 is 13.8. The van der Waals surface area contributed by atoms with Crippen LogP contribution in [0.25, 0.3) is 33.3 Å². The molecule has 3 aliphatic heterocycles. The Morgan fingerprint density at radius 3 is 2.59 bits per heavy atom. The number of phenolic OH excluding ortho intramolecular Hbond substituents is 1. The monoisotopic (exact) mass is 938 g/mol. The van der Waals surface area contributed by atoms with E-state index < -0.39 is 59.4 Å². The van der Waals surface area contributed by atoms with E-state index in [0.717, 1.165) is 38.9 Å². The maximum absolute atomic E-state index is 14.7. The van der Waals surface area contributed by atoms with Crippen molar-refractivity contribution in [2.24, 2.45) is 11.3 Å². The number of rotatable bonds is 13. The predicted molar refractivity (Wildman–Crippen MR) is 256 cm³/mol. The molecule has 68 heavy (non-hydrogen) atoms. The Kier molecular flexibility index (Phi) is 15.4. The van der Waals surface area contributed by atoms with Gasteiger partial charge in [-0.25, -0.2) is 10.2 Å². The normalized spacial score (nSPS) is 21.0. The summed E-state index contributed by atoms with van der Waals surface area (Å²) in [6, 6.07) is 10.7. The Hall–Kier alpha value is -6.08. The number of hydrogen-bond donors (Lipinski definition) is 5. The van der Waals surface area contributed by atoms with Gasteiger partial charge in [-0.05, 0) is 90.3 Å². The number of β-amino-alcohol motifs (C(OH)–C–C–N with tert-alkyl or cyclic N) is 1. The molecule has 4 aromatic rings. The number of phenols is 1. The van der Waals surface area contributed by atoms with Crippen LogP contribution in [0.3, 0.4) is 0 Å². The Balaban J connectivity index is 1.26. The maximum Gasteiger partial charge on any atom is 0.408 e. The van der Waals surface area contributed by atoms with Gasteiger partial charge in [-0.3, -0.25) is 34.1 Å². The number of likely N-dealkylation sites (N-methyl/N-ethyl adjacent to an activating group) is 2. The van der Waals surface area contributed by atoms with Gasteiger partial charge in [0, 0.05) is 88.1 Å². The number of nitrogens with zero attached hydrogens (tertiary/aromatic N) is 6. The van der Waals surface area contributed by atoms with Gasteiger partial charge >= 0.3 is 6.09 Å². The summed E-state index contributed by atoms with van der Waals surface area (Å²) in [4.78, 5) is 78.5. The minimum atomic E-state index is -1.18. The highest BCUT2D eigenvalue weighted by molar-refractivity contribution is 5.96. The molecule has 0 aliphatic carbocycles. The zero-order chi connectivity index (χ0) is 49.0. The smallest absolute Gasteiger partial charge is 0.408 e. The van der Waals surface area contributed by atoms with Crippen molar-refractivity contribution < 1.29 is 43.7 Å². The number of carbonyl (C=O) groups is 5. The average Bonchev–Trinajstić information content (AvgIpc) is 4.01. The second kappa shape index (κ2) is 21.1. The van der Waals surface area contributed by atoms with Crippen molar-refractivity contribution in [2.45, 2.75) is 97.7 Å². The molecule has 366 valence electrons. The van der Waals surface area contributed by atoms with E-state index in [9.17, 15) is 34.2 Å². The largest absolute Gasteiger partial charge is 0.508 e. The number of ether oxygens (including phenoxy) is 2. The topological polar surface area (TPSA) is 211 Å². The standard InChI is InChI=1S/C50H67N9O9/c1-9-58-40-13-12-32-23-36(40)37(45(58)38-25-51-15-14-33(38)28-67-8)24-50(4,5)29-68-49(66)53-42-11-10-16-59(54-42)47(64)39(21-31-19-34(32)22-35(61)20-31)52-46(63)44(30(2)3)56(7)43(62)27-55(6)48(65)41-26-57(41)17-18-60/h12-15,19-20,22-23,25,30,39,41-42,44,54,60-61H,9-11,16-18,21,24,26-29H2,1-8H3,(H,52,63)(H,53,66)/t39-,41+,42-,44-,57?/m0/s1. The molecule has 2 aromatic heterocycles. The van der Waals surface area contributed by atoms with Crippen LogP contribution in [-0.2, 0) is 54.6 Å². The van der Waals surface area contributed by atoms with E-state index in [1.807, 2.05) is 29.3 Å². The molecule has 18 heteroatoms. The zero-order valence-corrected chi connectivity index (χ0v) is 40.5. The highest BCUT2D eigenvalue weighted by Gasteiger charge is 2.42. The number of cyclic esters (lactones) is 1. The number of amides is 5. The van der Waals surface area contributed by atoms with Crippen molar-refractivity contribution in [3.63, 3.8) is 0 Å². The van der Waals surface area contributed by atoms with Gasteiger partial charge in [-0.2, -0.15) is 0 Å². The maximum atomic E-state index is 14.7. The van der Waals surface area contributed by atoms with Crippen LogP contribution < -0.4 is 16.1 Å². The Labute approximate surface area is 397 Å². The fraction of sp³-hybridized carbons (Fsp3) is 0.520. The molecule has 5 atom stereocenters. The van der Waals surface area contributed by atoms with Crippen LogP contribution in [0, 0.1) is 11.3 Å². The molecule has 5 amide bonds. The summed E-state index contributed by atoms with van der Waals surface area (Å²) in [6.07, 6.45) is 3.84. The summed E-state index contributed by atoms with van der Waals surface area (Å²) >= 11 is 0. The van der Waals surface area contributed by atoms with Gasteiger partial charge in [-0.15, -0.1) is 0 Å². The Morgan fingerprint density at radius 2 is 1.87 bits per heavy atom.